The maximum absolute atomic E-state index is 13.7. The highest BCUT2D eigenvalue weighted by Gasteiger charge is 2.45. The van der Waals surface area contributed by atoms with Crippen molar-refractivity contribution in [3.8, 4) is 17.1 Å². The lowest BCUT2D eigenvalue weighted by Crippen LogP contribution is -2.53. The van der Waals surface area contributed by atoms with Gasteiger partial charge in [0.05, 0.1) is 55.7 Å². The average Bonchev–Trinajstić information content (AvgIpc) is 3.67. The number of hydrogen-bond donors (Lipinski definition) is 7. The molecule has 432 valence electrons. The second kappa shape index (κ2) is 25.6. The fourth-order valence-electron chi connectivity index (χ4n) is 11.0. The molecular weight excluding hydrogens is 1040 g/mol. The molecular formula is C58H73N10O13+. The molecule has 0 bridgehead atoms. The van der Waals surface area contributed by atoms with Crippen molar-refractivity contribution in [3.63, 3.8) is 0 Å². The lowest BCUT2D eigenvalue weighted by molar-refractivity contribution is -0.929. The van der Waals surface area contributed by atoms with Crippen molar-refractivity contribution in [1.29, 1.82) is 0 Å². The Hall–Kier alpha value is -8.02. The molecule has 2 aromatic carbocycles. The third-order valence-corrected chi connectivity index (χ3v) is 15.5. The van der Waals surface area contributed by atoms with E-state index in [9.17, 15) is 53.4 Å². The molecule has 7 N–H and O–H groups in total. The third kappa shape index (κ3) is 14.1. The summed E-state index contributed by atoms with van der Waals surface area (Å²) in [6, 6.07) is 13.9. The van der Waals surface area contributed by atoms with E-state index in [1.165, 1.54) is 0 Å². The number of pyridine rings is 2. The predicted molar refractivity (Wildman–Crippen MR) is 297 cm³/mol. The Balaban J connectivity index is 0.762. The van der Waals surface area contributed by atoms with Crippen LogP contribution in [0, 0.1) is 0 Å². The van der Waals surface area contributed by atoms with Gasteiger partial charge in [0.1, 0.15) is 31.5 Å². The lowest BCUT2D eigenvalue weighted by atomic mass is 9.86. The molecule has 1 saturated heterocycles. The maximum atomic E-state index is 13.7. The SMILES string of the molecule is CC[C@@]1(O)C(=O)OCc2c1cc1n(c2=O)Cc2cc3c(CN4CCC([N+](C)(C)Cc5ccc(NC(=O)OCCNC(=O)CC[C@H](NC(=O)CCCN6C(=O)C=CC6=O)C(=O)NCCCC(=O)NC(C)C)cc5)CC4)c(O)ccc3nc2-1. The van der Waals surface area contributed by atoms with Gasteiger partial charge in [-0.1, -0.05) is 19.1 Å². The standard InChI is InChI=1S/C58H72N10O13/c1-6-58(79)43-30-46-53-37(31-67(46)55(76)42(43)34-81-56(58)77)29-40-41(47(69)17-15-44(40)64-53)32-65-26-21-39(22-27-65)68(4,5)33-36-11-13-38(14-12-36)62-57(78)80-28-24-59-48(70)18-16-45(54(75)60-23-7-9-49(71)61-35(2)3)63-50(72)10-8-25-66-51(73)19-20-52(66)74/h11-15,17,19-20,29-30,35,39,45,79H,6-10,16,18,21-28,31-34H2,1-5H3,(H5-,59,60,61,62,63,69,70,71,72,75,76,78)/p+1/t45-,58-/m0/s1. The number of ether oxygens (including phenoxy) is 2. The Morgan fingerprint density at radius 1 is 0.877 bits per heavy atom. The highest BCUT2D eigenvalue weighted by molar-refractivity contribution is 6.12. The number of aromatic nitrogens is 2. The Labute approximate surface area is 469 Å². The monoisotopic (exact) mass is 1120 g/mol. The minimum atomic E-state index is -1.92. The zero-order valence-corrected chi connectivity index (χ0v) is 46.6. The van der Waals surface area contributed by atoms with Crippen molar-refractivity contribution in [2.75, 3.05) is 58.7 Å². The van der Waals surface area contributed by atoms with Crippen molar-refractivity contribution in [3.05, 3.63) is 98.9 Å². The quantitative estimate of drug-likeness (QED) is 0.0202. The molecule has 4 aromatic rings. The highest BCUT2D eigenvalue weighted by Crippen LogP contribution is 2.40. The van der Waals surface area contributed by atoms with Crippen LogP contribution in [0.5, 0.6) is 5.75 Å². The molecule has 23 nitrogen and oxygen atoms in total. The molecule has 81 heavy (non-hydrogen) atoms. The van der Waals surface area contributed by atoms with Crippen LogP contribution >= 0.6 is 0 Å². The molecule has 0 saturated carbocycles. The second-order valence-corrected chi connectivity index (χ2v) is 22.0. The van der Waals surface area contributed by atoms with Crippen LogP contribution in [0.1, 0.15) is 106 Å². The summed E-state index contributed by atoms with van der Waals surface area (Å²) < 4.78 is 12.9. The van der Waals surface area contributed by atoms with E-state index < -0.39 is 53.2 Å². The first-order chi connectivity index (χ1) is 38.6. The number of phenolic OH excluding ortho intramolecular Hbond substituents is 1. The number of cyclic esters (lactones) is 1. The Bertz CT molecular complexity index is 3170. The predicted octanol–water partition coefficient (Wildman–Crippen LogP) is 3.08. The number of carbonyl (C=O) groups is 8. The van der Waals surface area contributed by atoms with Crippen LogP contribution in [-0.2, 0) is 74.9 Å². The van der Waals surface area contributed by atoms with Gasteiger partial charge in [-0.15, -0.1) is 0 Å². The van der Waals surface area contributed by atoms with Gasteiger partial charge in [-0.2, -0.15) is 0 Å². The zero-order valence-electron chi connectivity index (χ0n) is 46.6. The van der Waals surface area contributed by atoms with Crippen molar-refractivity contribution < 1.29 is 62.5 Å². The number of aliphatic hydroxyl groups is 1. The number of quaternary nitrogens is 1. The Morgan fingerprint density at radius 2 is 1.58 bits per heavy atom. The first kappa shape index (κ1) is 59.1. The molecule has 4 aliphatic heterocycles. The number of aromatic hydroxyl groups is 1. The summed E-state index contributed by atoms with van der Waals surface area (Å²) >= 11 is 0. The van der Waals surface area contributed by atoms with E-state index in [1.807, 2.05) is 32.0 Å². The number of esters is 1. The van der Waals surface area contributed by atoms with Gasteiger partial charge < -0.3 is 50.0 Å². The number of nitrogens with zero attached hydrogens (tertiary/aromatic N) is 5. The summed E-state index contributed by atoms with van der Waals surface area (Å²) in [6.07, 6.45) is 3.92. The summed E-state index contributed by atoms with van der Waals surface area (Å²) in [5.74, 6) is -3.19. The fourth-order valence-corrected chi connectivity index (χ4v) is 11.0. The van der Waals surface area contributed by atoms with E-state index in [2.05, 4.69) is 45.6 Å². The first-order valence-corrected chi connectivity index (χ1v) is 27.7. The Morgan fingerprint density at radius 3 is 2.28 bits per heavy atom. The van der Waals surface area contributed by atoms with Crippen LogP contribution in [0.25, 0.3) is 22.3 Å². The molecule has 0 spiro atoms. The number of piperidine rings is 1. The number of hydrogen-bond acceptors (Lipinski definition) is 15. The minimum Gasteiger partial charge on any atom is -0.508 e. The van der Waals surface area contributed by atoms with Gasteiger partial charge in [0, 0.05) is 116 Å². The van der Waals surface area contributed by atoms with Gasteiger partial charge in [-0.25, -0.2) is 14.6 Å². The third-order valence-electron chi connectivity index (χ3n) is 15.5. The number of nitrogens with one attached hydrogen (secondary N) is 5. The van der Waals surface area contributed by atoms with E-state index in [0.717, 1.165) is 76.1 Å². The normalized spacial score (nSPS) is 17.3. The van der Waals surface area contributed by atoms with E-state index in [4.69, 9.17) is 14.5 Å². The lowest BCUT2D eigenvalue weighted by Gasteiger charge is -2.43. The molecule has 4 aliphatic rings. The fraction of sp³-hybridized carbons (Fsp3) is 0.483. The highest BCUT2D eigenvalue weighted by atomic mass is 16.6. The Kier molecular flexibility index (Phi) is 18.7. The summed E-state index contributed by atoms with van der Waals surface area (Å²) in [5.41, 5.74) is 3.22. The number of anilines is 1. The summed E-state index contributed by atoms with van der Waals surface area (Å²) in [7, 11) is 4.42. The summed E-state index contributed by atoms with van der Waals surface area (Å²) in [4.78, 5) is 122. The number of carbonyl (C=O) groups excluding carboxylic acids is 8. The molecule has 0 aliphatic carbocycles. The van der Waals surface area contributed by atoms with Crippen molar-refractivity contribution in [1.82, 2.24) is 40.6 Å². The van der Waals surface area contributed by atoms with Crippen LogP contribution in [0.15, 0.2) is 65.5 Å². The van der Waals surface area contributed by atoms with E-state index in [0.29, 0.717) is 41.6 Å². The number of likely N-dealkylation sites (tertiary alicyclic amines) is 1. The van der Waals surface area contributed by atoms with Crippen LogP contribution in [0.4, 0.5) is 10.5 Å². The number of phenols is 1. The van der Waals surface area contributed by atoms with Gasteiger partial charge in [-0.05, 0) is 75.9 Å². The van der Waals surface area contributed by atoms with Crippen LogP contribution < -0.4 is 32.1 Å². The minimum absolute atomic E-state index is 0.0103. The summed E-state index contributed by atoms with van der Waals surface area (Å²) in [5, 5.41) is 36.8. The second-order valence-electron chi connectivity index (χ2n) is 22.0. The van der Waals surface area contributed by atoms with Gasteiger partial charge in [0.2, 0.25) is 23.6 Å². The van der Waals surface area contributed by atoms with Gasteiger partial charge in [-0.3, -0.25) is 48.7 Å². The number of benzene rings is 2. The van der Waals surface area contributed by atoms with Crippen LogP contribution in [0.3, 0.4) is 0 Å². The van der Waals surface area contributed by atoms with E-state index in [1.54, 1.807) is 41.8 Å². The van der Waals surface area contributed by atoms with Crippen molar-refractivity contribution in [2.24, 2.45) is 0 Å². The van der Waals surface area contributed by atoms with Gasteiger partial charge in [0.15, 0.2) is 5.60 Å². The molecule has 6 heterocycles. The van der Waals surface area contributed by atoms with E-state index >= 15 is 0 Å². The van der Waals surface area contributed by atoms with Crippen LogP contribution in [0.2, 0.25) is 0 Å². The van der Waals surface area contributed by atoms with E-state index in [-0.39, 0.29) is 112 Å². The molecule has 0 unspecified atom stereocenters. The zero-order chi connectivity index (χ0) is 58.2. The first-order valence-electron chi connectivity index (χ1n) is 27.7. The molecule has 7 amide bonds. The maximum Gasteiger partial charge on any atom is 0.411 e. The molecule has 2 atom stereocenters. The van der Waals surface area contributed by atoms with Gasteiger partial charge >= 0.3 is 12.1 Å². The smallest absolute Gasteiger partial charge is 0.411 e. The molecule has 2 aromatic heterocycles. The number of imide groups is 1. The van der Waals surface area contributed by atoms with Crippen molar-refractivity contribution >= 4 is 64.1 Å². The van der Waals surface area contributed by atoms with Gasteiger partial charge in [0.25, 0.3) is 17.4 Å². The topological polar surface area (TPSA) is 297 Å². The summed E-state index contributed by atoms with van der Waals surface area (Å²) in [6.45, 7) is 8.30. The number of amides is 7. The molecule has 0 radical (unpaired) electrons. The molecule has 1 fully saturated rings. The molecule has 23 heteroatoms. The van der Waals surface area contributed by atoms with Crippen molar-refractivity contribution in [2.45, 2.75) is 129 Å². The average molecular weight is 1120 g/mol. The number of rotatable bonds is 24. The van der Waals surface area contributed by atoms with Crippen LogP contribution in [-0.4, -0.2) is 153 Å². The molecule has 8 rings (SSSR count). The largest absolute Gasteiger partial charge is 0.508 e. The number of fused-ring (bicyclic) bond motifs is 5.